The number of rotatable bonds is 4. The third-order valence-electron chi connectivity index (χ3n) is 4.04. The average molecular weight is 343 g/mol. The van der Waals surface area contributed by atoms with Gasteiger partial charge < -0.3 is 19.7 Å². The molecule has 1 saturated heterocycles. The molecule has 2 aromatic rings. The van der Waals surface area contributed by atoms with Crippen LogP contribution in [0.2, 0.25) is 0 Å². The number of pyridine rings is 1. The van der Waals surface area contributed by atoms with Gasteiger partial charge in [0.25, 0.3) is 11.8 Å². The molecule has 0 radical (unpaired) electrons. The number of amides is 1. The Bertz CT molecular complexity index is 753. The molecule has 1 unspecified atom stereocenters. The van der Waals surface area contributed by atoms with Gasteiger partial charge in [-0.15, -0.1) is 0 Å². The smallest absolute Gasteiger partial charge is 0.260 e. The zero-order valence-electron chi connectivity index (χ0n) is 14.3. The van der Waals surface area contributed by atoms with Crippen molar-refractivity contribution in [2.75, 3.05) is 32.1 Å². The van der Waals surface area contributed by atoms with E-state index < -0.39 is 0 Å². The first-order valence-corrected chi connectivity index (χ1v) is 8.17. The fourth-order valence-electron chi connectivity index (χ4n) is 2.85. The lowest BCUT2D eigenvalue weighted by Gasteiger charge is -2.32. The largest absolute Gasteiger partial charge is 0.619 e. The number of nitrogens with zero attached hydrogens (tertiary/aromatic N) is 5. The van der Waals surface area contributed by atoms with Crippen LogP contribution in [0.3, 0.4) is 0 Å². The summed E-state index contributed by atoms with van der Waals surface area (Å²) in [7, 11) is 3.75. The molecule has 8 nitrogen and oxygen atoms in total. The van der Waals surface area contributed by atoms with Gasteiger partial charge >= 0.3 is 0 Å². The van der Waals surface area contributed by atoms with Crippen molar-refractivity contribution in [1.29, 1.82) is 0 Å². The molecule has 3 heterocycles. The number of likely N-dealkylation sites (tertiary alicyclic amines) is 1. The molecule has 0 spiro atoms. The molecule has 2 aromatic heterocycles. The third kappa shape index (κ3) is 3.96. The van der Waals surface area contributed by atoms with E-state index in [-0.39, 0.29) is 12.0 Å². The average Bonchev–Trinajstić information content (AvgIpc) is 2.61. The molecule has 0 N–H and O–H groups in total. The van der Waals surface area contributed by atoms with Gasteiger partial charge in [-0.3, -0.25) is 4.79 Å². The highest BCUT2D eigenvalue weighted by Gasteiger charge is 2.27. The number of aromatic nitrogens is 3. The van der Waals surface area contributed by atoms with Gasteiger partial charge in [0.2, 0.25) is 0 Å². The number of ether oxygens (including phenoxy) is 1. The van der Waals surface area contributed by atoms with E-state index in [4.69, 9.17) is 4.74 Å². The Morgan fingerprint density at radius 3 is 2.96 bits per heavy atom. The molecule has 0 aliphatic carbocycles. The van der Waals surface area contributed by atoms with Crippen molar-refractivity contribution in [1.82, 2.24) is 14.9 Å². The van der Waals surface area contributed by atoms with Crippen molar-refractivity contribution in [3.05, 3.63) is 47.7 Å². The van der Waals surface area contributed by atoms with E-state index >= 15 is 0 Å². The molecule has 3 rings (SSSR count). The first kappa shape index (κ1) is 16.9. The van der Waals surface area contributed by atoms with Crippen LogP contribution in [0.1, 0.15) is 23.2 Å². The standard InChI is InChI=1S/C17H21N5O3/c1-20(2)15-16(19-8-7-18-15)25-14-6-4-9-21(12-14)17(23)13-5-3-10-22(24)11-13/h3,5,7-8,10-11,14H,4,6,9,12H2,1-2H3. The van der Waals surface area contributed by atoms with E-state index in [2.05, 4.69) is 9.97 Å². The van der Waals surface area contributed by atoms with Crippen LogP contribution in [0.15, 0.2) is 36.9 Å². The molecule has 0 saturated carbocycles. The van der Waals surface area contributed by atoms with E-state index in [1.54, 1.807) is 29.4 Å². The number of anilines is 1. The number of carbonyl (C=O) groups is 1. The highest BCUT2D eigenvalue weighted by molar-refractivity contribution is 5.93. The number of piperidine rings is 1. The summed E-state index contributed by atoms with van der Waals surface area (Å²) in [5.41, 5.74) is 0.381. The third-order valence-corrected chi connectivity index (χ3v) is 4.04. The summed E-state index contributed by atoms with van der Waals surface area (Å²) in [5, 5.41) is 11.4. The fraction of sp³-hybridized carbons (Fsp3) is 0.412. The van der Waals surface area contributed by atoms with E-state index in [9.17, 15) is 10.0 Å². The number of hydrogen-bond donors (Lipinski definition) is 0. The quantitative estimate of drug-likeness (QED) is 0.605. The Labute approximate surface area is 146 Å². The van der Waals surface area contributed by atoms with Gasteiger partial charge in [-0.25, -0.2) is 9.97 Å². The van der Waals surface area contributed by atoms with Gasteiger partial charge in [0.1, 0.15) is 11.7 Å². The van der Waals surface area contributed by atoms with Gasteiger partial charge in [0, 0.05) is 39.1 Å². The molecular weight excluding hydrogens is 322 g/mol. The van der Waals surface area contributed by atoms with Crippen LogP contribution in [0.25, 0.3) is 0 Å². The predicted molar refractivity (Wildman–Crippen MR) is 91.3 cm³/mol. The molecular formula is C17H21N5O3. The van der Waals surface area contributed by atoms with Crippen molar-refractivity contribution in [2.45, 2.75) is 18.9 Å². The number of carbonyl (C=O) groups excluding carboxylic acids is 1. The Kier molecular flexibility index (Phi) is 4.97. The van der Waals surface area contributed by atoms with Crippen LogP contribution >= 0.6 is 0 Å². The molecule has 1 fully saturated rings. The summed E-state index contributed by atoms with van der Waals surface area (Å²) in [5.74, 6) is 0.954. The summed E-state index contributed by atoms with van der Waals surface area (Å²) in [4.78, 5) is 24.7. The topological polar surface area (TPSA) is 85.5 Å². The minimum Gasteiger partial charge on any atom is -0.619 e. The van der Waals surface area contributed by atoms with Crippen LogP contribution in [0.4, 0.5) is 5.82 Å². The Hall–Kier alpha value is -2.90. The lowest BCUT2D eigenvalue weighted by Crippen LogP contribution is -2.45. The maximum atomic E-state index is 12.6. The van der Waals surface area contributed by atoms with Gasteiger partial charge in [0.15, 0.2) is 18.2 Å². The highest BCUT2D eigenvalue weighted by Crippen LogP contribution is 2.24. The van der Waals surface area contributed by atoms with Gasteiger partial charge in [-0.1, -0.05) is 0 Å². The molecule has 1 atom stereocenters. The zero-order chi connectivity index (χ0) is 17.8. The minimum absolute atomic E-state index is 0.156. The Morgan fingerprint density at radius 2 is 2.20 bits per heavy atom. The lowest BCUT2D eigenvalue weighted by atomic mass is 10.1. The van der Waals surface area contributed by atoms with Crippen LogP contribution in [-0.2, 0) is 0 Å². The molecule has 25 heavy (non-hydrogen) atoms. The Morgan fingerprint density at radius 1 is 1.40 bits per heavy atom. The second kappa shape index (κ2) is 7.33. The summed E-state index contributed by atoms with van der Waals surface area (Å²) >= 11 is 0. The summed E-state index contributed by atoms with van der Waals surface area (Å²) < 4.78 is 6.64. The normalized spacial score (nSPS) is 17.2. The molecule has 0 bridgehead atoms. The lowest BCUT2D eigenvalue weighted by molar-refractivity contribution is -0.605. The minimum atomic E-state index is -0.162. The van der Waals surface area contributed by atoms with Gasteiger partial charge in [-0.2, -0.15) is 4.73 Å². The number of hydrogen-bond acceptors (Lipinski definition) is 6. The van der Waals surface area contributed by atoms with Crippen LogP contribution < -0.4 is 14.4 Å². The summed E-state index contributed by atoms with van der Waals surface area (Å²) in [6.45, 7) is 1.10. The SMILES string of the molecule is CN(C)c1nccnc1OC1CCCN(C(=O)c2ccc[n+]([O-])c2)C1. The maximum absolute atomic E-state index is 12.6. The zero-order valence-corrected chi connectivity index (χ0v) is 14.3. The first-order chi connectivity index (χ1) is 12.0. The molecule has 1 aliphatic heterocycles. The fourth-order valence-corrected chi connectivity index (χ4v) is 2.85. The molecule has 1 amide bonds. The van der Waals surface area contributed by atoms with E-state index in [0.717, 1.165) is 12.8 Å². The summed E-state index contributed by atoms with van der Waals surface area (Å²) in [6.07, 6.45) is 7.37. The highest BCUT2D eigenvalue weighted by atomic mass is 16.5. The molecule has 132 valence electrons. The van der Waals surface area contributed by atoms with Crippen molar-refractivity contribution in [3.63, 3.8) is 0 Å². The summed E-state index contributed by atoms with van der Waals surface area (Å²) in [6, 6.07) is 3.22. The van der Waals surface area contributed by atoms with Crippen LogP contribution in [-0.4, -0.2) is 54.1 Å². The van der Waals surface area contributed by atoms with Crippen molar-refractivity contribution in [3.8, 4) is 5.88 Å². The van der Waals surface area contributed by atoms with Crippen LogP contribution in [0.5, 0.6) is 5.88 Å². The van der Waals surface area contributed by atoms with E-state index in [0.29, 0.717) is 35.1 Å². The van der Waals surface area contributed by atoms with E-state index in [1.807, 2.05) is 19.0 Å². The second-order valence-electron chi connectivity index (χ2n) is 6.17. The molecule has 0 aromatic carbocycles. The van der Waals surface area contributed by atoms with Crippen molar-refractivity contribution in [2.24, 2.45) is 0 Å². The Balaban J connectivity index is 1.70. The second-order valence-corrected chi connectivity index (χ2v) is 6.17. The first-order valence-electron chi connectivity index (χ1n) is 8.17. The monoisotopic (exact) mass is 343 g/mol. The van der Waals surface area contributed by atoms with Gasteiger partial charge in [-0.05, 0) is 18.9 Å². The molecule has 8 heteroatoms. The predicted octanol–water partition coefficient (Wildman–Crippen LogP) is 0.860. The maximum Gasteiger partial charge on any atom is 0.260 e. The van der Waals surface area contributed by atoms with Crippen molar-refractivity contribution >= 4 is 11.7 Å². The van der Waals surface area contributed by atoms with E-state index in [1.165, 1.54) is 12.4 Å². The molecule has 1 aliphatic rings. The van der Waals surface area contributed by atoms with Crippen LogP contribution in [0, 0.1) is 5.21 Å². The van der Waals surface area contributed by atoms with Gasteiger partial charge in [0.05, 0.1) is 6.54 Å². The van der Waals surface area contributed by atoms with Crippen molar-refractivity contribution < 1.29 is 14.3 Å².